The minimum absolute atomic E-state index is 0.200. The van der Waals surface area contributed by atoms with E-state index in [0.29, 0.717) is 18.1 Å². The standard InChI is InChI=1S/C25H22F6O2/c1-2-3-15-4-6-16(7-5-15)17-8-9-20(21(26)12-17)24(32)33-18-13-22(27)19(23(28)14-18)10-11-25(29,30)31/h8-9,12-16H,2-7H2,1H3. The normalized spacial score (nSPS) is 18.4. The first kappa shape index (κ1) is 24.7. The van der Waals surface area contributed by atoms with Gasteiger partial charge in [-0.1, -0.05) is 31.8 Å². The van der Waals surface area contributed by atoms with Crippen molar-refractivity contribution in [1.29, 1.82) is 0 Å². The van der Waals surface area contributed by atoms with Crippen LogP contribution in [0, 0.1) is 35.2 Å². The van der Waals surface area contributed by atoms with Crippen molar-refractivity contribution in [3.8, 4) is 17.6 Å². The third-order valence-corrected chi connectivity index (χ3v) is 5.78. The Morgan fingerprint density at radius 3 is 2.18 bits per heavy atom. The van der Waals surface area contributed by atoms with Gasteiger partial charge in [0.25, 0.3) is 0 Å². The van der Waals surface area contributed by atoms with Crippen LogP contribution in [0.4, 0.5) is 26.3 Å². The van der Waals surface area contributed by atoms with Gasteiger partial charge in [0, 0.05) is 18.1 Å². The van der Waals surface area contributed by atoms with Crippen LogP contribution in [0.1, 0.15) is 72.9 Å². The number of carbonyl (C=O) groups excluding carboxylic acids is 1. The topological polar surface area (TPSA) is 26.3 Å². The molecule has 0 amide bonds. The van der Waals surface area contributed by atoms with Crippen LogP contribution in [0.25, 0.3) is 0 Å². The Morgan fingerprint density at radius 1 is 1.00 bits per heavy atom. The molecule has 2 aromatic rings. The van der Waals surface area contributed by atoms with Crippen molar-refractivity contribution in [2.45, 2.75) is 57.5 Å². The lowest BCUT2D eigenvalue weighted by Gasteiger charge is -2.28. The van der Waals surface area contributed by atoms with E-state index in [-0.39, 0.29) is 5.92 Å². The monoisotopic (exact) mass is 468 g/mol. The molecule has 0 aromatic heterocycles. The SMILES string of the molecule is CCCC1CCC(c2ccc(C(=O)Oc3cc(F)c(C#CC(F)(F)F)c(F)c3)c(F)c2)CC1. The molecule has 0 spiro atoms. The first-order valence-electron chi connectivity index (χ1n) is 10.7. The minimum atomic E-state index is -4.93. The third kappa shape index (κ3) is 6.53. The number of halogens is 6. The lowest BCUT2D eigenvalue weighted by molar-refractivity contribution is -0.0696. The molecule has 1 saturated carbocycles. The van der Waals surface area contributed by atoms with E-state index in [0.717, 1.165) is 43.6 Å². The van der Waals surface area contributed by atoms with Gasteiger partial charge in [-0.3, -0.25) is 0 Å². The smallest absolute Gasteiger partial charge is 0.423 e. The van der Waals surface area contributed by atoms with Gasteiger partial charge in [-0.2, -0.15) is 13.2 Å². The number of hydrogen-bond acceptors (Lipinski definition) is 2. The zero-order valence-electron chi connectivity index (χ0n) is 17.9. The van der Waals surface area contributed by atoms with Crippen molar-refractivity contribution in [3.05, 3.63) is 64.5 Å². The number of hydrogen-bond donors (Lipinski definition) is 0. The van der Waals surface area contributed by atoms with E-state index in [1.54, 1.807) is 6.07 Å². The Labute approximate surface area is 187 Å². The van der Waals surface area contributed by atoms with Crippen molar-refractivity contribution in [2.75, 3.05) is 0 Å². The molecule has 0 radical (unpaired) electrons. The Balaban J connectivity index is 1.71. The number of esters is 1. The van der Waals surface area contributed by atoms with E-state index in [2.05, 4.69) is 6.92 Å². The second-order valence-electron chi connectivity index (χ2n) is 8.14. The summed E-state index contributed by atoms with van der Waals surface area (Å²) in [7, 11) is 0. The summed E-state index contributed by atoms with van der Waals surface area (Å²) in [5.74, 6) is -2.48. The maximum Gasteiger partial charge on any atom is 0.458 e. The molecule has 1 fully saturated rings. The molecule has 2 aromatic carbocycles. The van der Waals surface area contributed by atoms with Gasteiger partial charge in [-0.05, 0) is 55.2 Å². The van der Waals surface area contributed by atoms with Crippen LogP contribution in [0.5, 0.6) is 5.75 Å². The summed E-state index contributed by atoms with van der Waals surface area (Å²) in [6.07, 6.45) is 1.42. The molecule has 33 heavy (non-hydrogen) atoms. The molecule has 1 aliphatic rings. The van der Waals surface area contributed by atoms with E-state index >= 15 is 0 Å². The fraction of sp³-hybridized carbons (Fsp3) is 0.400. The zero-order chi connectivity index (χ0) is 24.2. The van der Waals surface area contributed by atoms with Crippen LogP contribution < -0.4 is 4.74 Å². The predicted molar refractivity (Wildman–Crippen MR) is 110 cm³/mol. The zero-order valence-corrected chi connectivity index (χ0v) is 17.9. The Bertz CT molecular complexity index is 1050. The average Bonchev–Trinajstić information content (AvgIpc) is 2.73. The molecule has 0 unspecified atom stereocenters. The van der Waals surface area contributed by atoms with Crippen LogP contribution in [0.15, 0.2) is 30.3 Å². The Hall–Kier alpha value is -2.95. The number of benzene rings is 2. The van der Waals surface area contributed by atoms with E-state index in [9.17, 15) is 31.1 Å². The molecular formula is C25H22F6O2. The largest absolute Gasteiger partial charge is 0.458 e. The molecule has 1 aliphatic carbocycles. The van der Waals surface area contributed by atoms with Crippen molar-refractivity contribution >= 4 is 5.97 Å². The average molecular weight is 468 g/mol. The van der Waals surface area contributed by atoms with Crippen molar-refractivity contribution in [2.24, 2.45) is 5.92 Å². The van der Waals surface area contributed by atoms with Gasteiger partial charge in [0.2, 0.25) is 0 Å². The second-order valence-corrected chi connectivity index (χ2v) is 8.14. The molecule has 3 rings (SSSR count). The highest BCUT2D eigenvalue weighted by Gasteiger charge is 2.25. The van der Waals surface area contributed by atoms with Crippen LogP contribution >= 0.6 is 0 Å². The number of carbonyl (C=O) groups is 1. The predicted octanol–water partition coefficient (Wildman–Crippen LogP) is 7.31. The number of rotatable bonds is 5. The van der Waals surface area contributed by atoms with Gasteiger partial charge in [-0.25, -0.2) is 18.0 Å². The summed E-state index contributed by atoms with van der Waals surface area (Å²) in [5.41, 5.74) is -0.750. The lowest BCUT2D eigenvalue weighted by atomic mass is 9.77. The number of alkyl halides is 3. The molecular weight excluding hydrogens is 446 g/mol. The van der Waals surface area contributed by atoms with Crippen LogP contribution in [0.2, 0.25) is 0 Å². The minimum Gasteiger partial charge on any atom is -0.423 e. The summed E-state index contributed by atoms with van der Waals surface area (Å²) in [6, 6.07) is 5.21. The third-order valence-electron chi connectivity index (χ3n) is 5.78. The summed E-state index contributed by atoms with van der Waals surface area (Å²) in [6.45, 7) is 2.15. The van der Waals surface area contributed by atoms with Crippen LogP contribution in [-0.2, 0) is 0 Å². The van der Waals surface area contributed by atoms with E-state index in [1.165, 1.54) is 24.5 Å². The highest BCUT2D eigenvalue weighted by Crippen LogP contribution is 2.38. The van der Waals surface area contributed by atoms with Gasteiger partial charge >= 0.3 is 12.1 Å². The number of ether oxygens (including phenoxy) is 1. The van der Waals surface area contributed by atoms with Gasteiger partial charge in [-0.15, -0.1) is 0 Å². The van der Waals surface area contributed by atoms with Crippen LogP contribution in [0.3, 0.4) is 0 Å². The molecule has 0 N–H and O–H groups in total. The first-order valence-corrected chi connectivity index (χ1v) is 10.7. The van der Waals surface area contributed by atoms with Gasteiger partial charge in [0.1, 0.15) is 23.2 Å². The van der Waals surface area contributed by atoms with E-state index in [4.69, 9.17) is 4.74 Å². The van der Waals surface area contributed by atoms with Crippen molar-refractivity contribution < 1.29 is 35.9 Å². The fourth-order valence-electron chi connectivity index (χ4n) is 4.17. The van der Waals surface area contributed by atoms with E-state index in [1.807, 2.05) is 0 Å². The summed E-state index contributed by atoms with van der Waals surface area (Å²) in [4.78, 5) is 12.3. The van der Waals surface area contributed by atoms with Gasteiger partial charge in [0.15, 0.2) is 0 Å². The second kappa shape index (κ2) is 10.3. The molecule has 8 heteroatoms. The summed E-state index contributed by atoms with van der Waals surface area (Å²) in [5, 5.41) is 0. The van der Waals surface area contributed by atoms with Gasteiger partial charge in [0.05, 0.1) is 11.1 Å². The molecule has 2 nitrogen and oxygen atoms in total. The molecule has 0 heterocycles. The molecule has 0 atom stereocenters. The molecule has 176 valence electrons. The quantitative estimate of drug-likeness (QED) is 0.199. The maximum absolute atomic E-state index is 14.6. The highest BCUT2D eigenvalue weighted by molar-refractivity contribution is 5.91. The van der Waals surface area contributed by atoms with Gasteiger partial charge < -0.3 is 4.74 Å². The lowest BCUT2D eigenvalue weighted by Crippen LogP contribution is -2.15. The summed E-state index contributed by atoms with van der Waals surface area (Å²) >= 11 is 0. The molecule has 0 bridgehead atoms. The molecule has 0 aliphatic heterocycles. The van der Waals surface area contributed by atoms with E-state index < -0.39 is 46.5 Å². The molecule has 0 saturated heterocycles. The summed E-state index contributed by atoms with van der Waals surface area (Å²) < 4.78 is 83.9. The maximum atomic E-state index is 14.6. The first-order chi connectivity index (χ1) is 15.6. The van der Waals surface area contributed by atoms with Crippen LogP contribution in [-0.4, -0.2) is 12.1 Å². The Morgan fingerprint density at radius 2 is 1.64 bits per heavy atom. The van der Waals surface area contributed by atoms with Crippen molar-refractivity contribution in [3.63, 3.8) is 0 Å². The Kier molecular flexibility index (Phi) is 7.72. The fourth-order valence-corrected chi connectivity index (χ4v) is 4.17. The highest BCUT2D eigenvalue weighted by atomic mass is 19.4. The van der Waals surface area contributed by atoms with Crippen molar-refractivity contribution in [1.82, 2.24) is 0 Å².